The van der Waals surface area contributed by atoms with Crippen LogP contribution in [0.2, 0.25) is 5.02 Å². The van der Waals surface area contributed by atoms with Crippen molar-refractivity contribution < 1.29 is 17.9 Å². The van der Waals surface area contributed by atoms with E-state index in [1.165, 1.54) is 22.0 Å². The van der Waals surface area contributed by atoms with Crippen molar-refractivity contribution in [2.45, 2.75) is 31.7 Å². The van der Waals surface area contributed by atoms with Gasteiger partial charge in [0.15, 0.2) is 0 Å². The molecule has 0 bridgehead atoms. The molecule has 0 spiro atoms. The van der Waals surface area contributed by atoms with Gasteiger partial charge >= 0.3 is 0 Å². The molecule has 5 nitrogen and oxygen atoms in total. The average molecular weight is 396 g/mol. The molecular weight excluding hydrogens is 374 g/mol. The summed E-state index contributed by atoms with van der Waals surface area (Å²) < 4.78 is 39.1. The molecule has 0 N–H and O–H groups in total. The zero-order valence-electron chi connectivity index (χ0n) is 14.9. The van der Waals surface area contributed by atoms with Crippen molar-refractivity contribution in [2.75, 3.05) is 19.8 Å². The number of hydrogen-bond donors (Lipinski definition) is 0. The first-order valence-corrected chi connectivity index (χ1v) is 10.4. The minimum absolute atomic E-state index is 0.0894. The zero-order valence-corrected chi connectivity index (χ0v) is 16.4. The first-order valence-electron chi connectivity index (χ1n) is 8.63. The van der Waals surface area contributed by atoms with Gasteiger partial charge in [-0.15, -0.1) is 0 Å². The minimum atomic E-state index is -3.75. The summed E-state index contributed by atoms with van der Waals surface area (Å²) in [4.78, 5) is 0.0894. The number of hydrogen-bond acceptors (Lipinski definition) is 4. The van der Waals surface area contributed by atoms with E-state index in [0.29, 0.717) is 43.5 Å². The van der Waals surface area contributed by atoms with Gasteiger partial charge in [-0.05, 0) is 31.4 Å². The second kappa shape index (κ2) is 7.86. The average Bonchev–Trinajstić information content (AvgIpc) is 2.63. The van der Waals surface area contributed by atoms with Crippen LogP contribution in [0.1, 0.15) is 25.0 Å². The number of nitrogens with zero attached hydrogens (tertiary/aromatic N) is 1. The maximum Gasteiger partial charge on any atom is 0.247 e. The van der Waals surface area contributed by atoms with E-state index in [2.05, 4.69) is 0 Å². The van der Waals surface area contributed by atoms with Gasteiger partial charge in [-0.3, -0.25) is 0 Å². The Morgan fingerprint density at radius 2 is 1.69 bits per heavy atom. The molecule has 0 fully saturated rings. The Labute approximate surface area is 159 Å². The normalized spacial score (nSPS) is 14.7. The lowest BCUT2D eigenvalue weighted by atomic mass is 10.0. The van der Waals surface area contributed by atoms with E-state index < -0.39 is 10.0 Å². The number of sulfonamides is 1. The number of ether oxygens (including phenoxy) is 2. The van der Waals surface area contributed by atoms with Crippen LogP contribution in [0.5, 0.6) is 11.5 Å². The molecule has 140 valence electrons. The molecule has 1 aliphatic rings. The smallest absolute Gasteiger partial charge is 0.247 e. The molecule has 1 heterocycles. The SMILES string of the molecule is CCOc1cc(S(=O)(=O)N2CCc3ccccc3C2)c(OCC)cc1Cl. The number of benzene rings is 2. The van der Waals surface area contributed by atoms with Crippen LogP contribution in [0.15, 0.2) is 41.3 Å². The van der Waals surface area contributed by atoms with Crippen LogP contribution in [-0.4, -0.2) is 32.5 Å². The molecule has 0 aliphatic carbocycles. The highest BCUT2D eigenvalue weighted by Crippen LogP contribution is 2.37. The fourth-order valence-electron chi connectivity index (χ4n) is 3.07. The molecule has 0 aromatic heterocycles. The van der Waals surface area contributed by atoms with E-state index in [0.717, 1.165) is 5.56 Å². The lowest BCUT2D eigenvalue weighted by molar-refractivity contribution is 0.319. The first-order chi connectivity index (χ1) is 12.5. The number of fused-ring (bicyclic) bond motifs is 1. The van der Waals surface area contributed by atoms with Crippen molar-refractivity contribution in [3.8, 4) is 11.5 Å². The second-order valence-electron chi connectivity index (χ2n) is 5.95. The summed E-state index contributed by atoms with van der Waals surface area (Å²) in [6.07, 6.45) is 0.686. The van der Waals surface area contributed by atoms with Gasteiger partial charge in [0.2, 0.25) is 10.0 Å². The molecular formula is C19H22ClNO4S. The molecule has 0 atom stereocenters. The van der Waals surface area contributed by atoms with E-state index >= 15 is 0 Å². The highest BCUT2D eigenvalue weighted by atomic mass is 35.5. The monoisotopic (exact) mass is 395 g/mol. The van der Waals surface area contributed by atoms with Gasteiger partial charge in [-0.1, -0.05) is 35.9 Å². The van der Waals surface area contributed by atoms with Crippen LogP contribution < -0.4 is 9.47 Å². The van der Waals surface area contributed by atoms with Crippen LogP contribution >= 0.6 is 11.6 Å². The van der Waals surface area contributed by atoms with E-state index in [1.54, 1.807) is 6.92 Å². The van der Waals surface area contributed by atoms with Crippen LogP contribution in [0.25, 0.3) is 0 Å². The van der Waals surface area contributed by atoms with E-state index in [-0.39, 0.29) is 10.6 Å². The van der Waals surface area contributed by atoms with Crippen molar-refractivity contribution in [3.63, 3.8) is 0 Å². The molecule has 3 rings (SSSR count). The fraction of sp³-hybridized carbons (Fsp3) is 0.368. The Balaban J connectivity index is 2.02. The van der Waals surface area contributed by atoms with Crippen LogP contribution in [0.4, 0.5) is 0 Å². The second-order valence-corrected chi connectivity index (χ2v) is 8.27. The standard InChI is InChI=1S/C19H22ClNO4S/c1-3-24-17-12-19(18(25-4-2)11-16(17)20)26(22,23)21-10-9-14-7-5-6-8-15(14)13-21/h5-8,11-12H,3-4,9-10,13H2,1-2H3. The number of rotatable bonds is 6. The van der Waals surface area contributed by atoms with E-state index in [9.17, 15) is 8.42 Å². The molecule has 0 amide bonds. The van der Waals surface area contributed by atoms with Crippen molar-refractivity contribution in [1.29, 1.82) is 0 Å². The quantitative estimate of drug-likeness (QED) is 0.744. The predicted molar refractivity (Wildman–Crippen MR) is 102 cm³/mol. The maximum absolute atomic E-state index is 13.3. The Morgan fingerprint density at radius 1 is 1.04 bits per heavy atom. The molecule has 26 heavy (non-hydrogen) atoms. The van der Waals surface area contributed by atoms with Crippen molar-refractivity contribution in [1.82, 2.24) is 4.31 Å². The van der Waals surface area contributed by atoms with Gasteiger partial charge in [0.05, 0.1) is 18.2 Å². The molecule has 0 saturated carbocycles. The van der Waals surface area contributed by atoms with Gasteiger partial charge in [-0.2, -0.15) is 4.31 Å². The van der Waals surface area contributed by atoms with Crippen molar-refractivity contribution >= 4 is 21.6 Å². The summed E-state index contributed by atoms with van der Waals surface area (Å²) in [5, 5.41) is 0.332. The van der Waals surface area contributed by atoms with E-state index in [1.807, 2.05) is 31.2 Å². The molecule has 2 aromatic carbocycles. The third-order valence-electron chi connectivity index (χ3n) is 4.31. The lowest BCUT2D eigenvalue weighted by Gasteiger charge is -2.29. The molecule has 0 saturated heterocycles. The van der Waals surface area contributed by atoms with Gasteiger partial charge in [-0.25, -0.2) is 8.42 Å². The highest BCUT2D eigenvalue weighted by molar-refractivity contribution is 7.89. The van der Waals surface area contributed by atoms with Crippen molar-refractivity contribution in [3.05, 3.63) is 52.5 Å². The third-order valence-corrected chi connectivity index (χ3v) is 6.47. The molecule has 2 aromatic rings. The lowest BCUT2D eigenvalue weighted by Crippen LogP contribution is -2.36. The summed E-state index contributed by atoms with van der Waals surface area (Å²) in [5.74, 6) is 0.591. The largest absolute Gasteiger partial charge is 0.492 e. The fourth-order valence-corrected chi connectivity index (χ4v) is 4.82. The first kappa shape index (κ1) is 19.0. The van der Waals surface area contributed by atoms with Crippen molar-refractivity contribution in [2.24, 2.45) is 0 Å². The van der Waals surface area contributed by atoms with Crippen LogP contribution in [0.3, 0.4) is 0 Å². The molecule has 7 heteroatoms. The molecule has 1 aliphatic heterocycles. The maximum atomic E-state index is 13.3. The summed E-state index contributed by atoms with van der Waals surface area (Å²) in [5.41, 5.74) is 2.22. The Hall–Kier alpha value is -1.76. The molecule has 0 unspecified atom stereocenters. The summed E-state index contributed by atoms with van der Waals surface area (Å²) in [7, 11) is -3.75. The van der Waals surface area contributed by atoms with Crippen LogP contribution in [0, 0.1) is 0 Å². The van der Waals surface area contributed by atoms with Crippen LogP contribution in [-0.2, 0) is 23.0 Å². The zero-order chi connectivity index (χ0) is 18.7. The van der Waals surface area contributed by atoms with Gasteiger partial charge < -0.3 is 9.47 Å². The molecule has 0 radical (unpaired) electrons. The summed E-state index contributed by atoms with van der Waals surface area (Å²) >= 11 is 6.21. The Morgan fingerprint density at radius 3 is 2.38 bits per heavy atom. The minimum Gasteiger partial charge on any atom is -0.492 e. The topological polar surface area (TPSA) is 55.8 Å². The Bertz CT molecular complexity index is 898. The third kappa shape index (κ3) is 3.68. The van der Waals surface area contributed by atoms with E-state index in [4.69, 9.17) is 21.1 Å². The predicted octanol–water partition coefficient (Wildman–Crippen LogP) is 3.88. The Kier molecular flexibility index (Phi) is 5.75. The number of halogens is 1. The summed E-state index contributed by atoms with van der Waals surface area (Å²) in [6, 6.07) is 10.9. The summed E-state index contributed by atoms with van der Waals surface area (Å²) in [6.45, 7) is 5.13. The van der Waals surface area contributed by atoms with Gasteiger partial charge in [0.1, 0.15) is 16.4 Å². The van der Waals surface area contributed by atoms with Gasteiger partial charge in [0.25, 0.3) is 0 Å². The van der Waals surface area contributed by atoms with Gasteiger partial charge in [0, 0.05) is 25.2 Å². The highest BCUT2D eigenvalue weighted by Gasteiger charge is 2.31.